The van der Waals surface area contributed by atoms with E-state index in [1.54, 1.807) is 0 Å². The number of rotatable bonds is 2. The number of hydrogen-bond donors (Lipinski definition) is 0. The highest BCUT2D eigenvalue weighted by molar-refractivity contribution is 9.10. The molecule has 0 radical (unpaired) electrons. The number of fused-ring (bicyclic) bond motifs is 1. The number of aryl methyl sites for hydroxylation is 2. The lowest BCUT2D eigenvalue weighted by Gasteiger charge is -2.18. The zero-order valence-corrected chi connectivity index (χ0v) is 13.3. The second-order valence-corrected chi connectivity index (χ2v) is 6.65. The molecule has 0 saturated carbocycles. The molecule has 0 aromatic heterocycles. The minimum absolute atomic E-state index is 0.266. The van der Waals surface area contributed by atoms with E-state index in [0.717, 1.165) is 28.4 Å². The highest BCUT2D eigenvalue weighted by Crippen LogP contribution is 2.33. The summed E-state index contributed by atoms with van der Waals surface area (Å²) in [4.78, 5) is 0. The summed E-state index contributed by atoms with van der Waals surface area (Å²) in [5, 5.41) is -0.311. The van der Waals surface area contributed by atoms with Crippen molar-refractivity contribution in [1.29, 1.82) is 0 Å². The van der Waals surface area contributed by atoms with Gasteiger partial charge >= 0.3 is 0 Å². The van der Waals surface area contributed by atoms with Crippen molar-refractivity contribution in [2.45, 2.75) is 31.1 Å². The molecule has 0 nitrogen and oxygen atoms in total. The largest absolute Gasteiger partial charge is 0.207 e. The summed E-state index contributed by atoms with van der Waals surface area (Å²) < 4.78 is 14.2. The van der Waals surface area contributed by atoms with Crippen molar-refractivity contribution in [2.75, 3.05) is 0 Å². The lowest BCUT2D eigenvalue weighted by atomic mass is 9.89. The summed E-state index contributed by atoms with van der Waals surface area (Å²) in [5.74, 6) is -0.266. The summed E-state index contributed by atoms with van der Waals surface area (Å²) in [5.41, 5.74) is 4.67. The Hall–Kier alpha value is -0.860. The van der Waals surface area contributed by atoms with Gasteiger partial charge in [-0.15, -0.1) is 11.6 Å². The number of hydrogen-bond acceptors (Lipinski definition) is 0. The first-order valence-electron chi connectivity index (χ1n) is 6.85. The second kappa shape index (κ2) is 5.87. The van der Waals surface area contributed by atoms with Gasteiger partial charge in [-0.3, -0.25) is 0 Å². The van der Waals surface area contributed by atoms with Gasteiger partial charge in [0.15, 0.2) is 0 Å². The highest BCUT2D eigenvalue weighted by atomic mass is 79.9. The van der Waals surface area contributed by atoms with Crippen LogP contribution in [-0.2, 0) is 12.8 Å². The Labute approximate surface area is 132 Å². The molecule has 104 valence electrons. The molecular formula is C17H15BrClF. The first kappa shape index (κ1) is 14.1. The first-order chi connectivity index (χ1) is 9.63. The van der Waals surface area contributed by atoms with Crippen LogP contribution in [0.5, 0.6) is 0 Å². The van der Waals surface area contributed by atoms with Crippen molar-refractivity contribution in [3.8, 4) is 0 Å². The van der Waals surface area contributed by atoms with Gasteiger partial charge < -0.3 is 0 Å². The monoisotopic (exact) mass is 352 g/mol. The molecule has 1 aliphatic rings. The Morgan fingerprint density at radius 2 is 1.70 bits per heavy atom. The molecule has 2 aromatic carbocycles. The Morgan fingerprint density at radius 1 is 0.950 bits per heavy atom. The third-order valence-corrected chi connectivity index (χ3v) is 4.80. The number of benzene rings is 2. The van der Waals surface area contributed by atoms with E-state index in [2.05, 4.69) is 34.1 Å². The van der Waals surface area contributed by atoms with E-state index in [1.807, 2.05) is 6.07 Å². The van der Waals surface area contributed by atoms with Gasteiger partial charge in [0, 0.05) is 4.47 Å². The molecule has 1 unspecified atom stereocenters. The van der Waals surface area contributed by atoms with E-state index in [0.29, 0.717) is 0 Å². The molecule has 1 aliphatic carbocycles. The van der Waals surface area contributed by atoms with Gasteiger partial charge in [-0.05, 0) is 66.1 Å². The van der Waals surface area contributed by atoms with Crippen LogP contribution in [0.4, 0.5) is 4.39 Å². The second-order valence-electron chi connectivity index (χ2n) is 5.30. The van der Waals surface area contributed by atoms with Crippen LogP contribution in [0.3, 0.4) is 0 Å². The molecule has 1 atom stereocenters. The maximum absolute atomic E-state index is 13.5. The minimum Gasteiger partial charge on any atom is -0.207 e. The van der Waals surface area contributed by atoms with Crippen molar-refractivity contribution in [2.24, 2.45) is 0 Å². The molecule has 3 heteroatoms. The summed E-state index contributed by atoms with van der Waals surface area (Å²) in [6.45, 7) is 0. The first-order valence-corrected chi connectivity index (χ1v) is 8.08. The average molecular weight is 354 g/mol. The molecule has 0 amide bonds. The van der Waals surface area contributed by atoms with E-state index in [-0.39, 0.29) is 11.2 Å². The summed E-state index contributed by atoms with van der Waals surface area (Å²) in [6.07, 6.45) is 4.80. The Balaban J connectivity index is 1.95. The predicted octanol–water partition coefficient (Wildman–Crippen LogP) is 5.80. The fourth-order valence-corrected chi connectivity index (χ4v) is 3.57. The van der Waals surface area contributed by atoms with Gasteiger partial charge in [-0.25, -0.2) is 4.39 Å². The SMILES string of the molecule is Fc1cc(Br)cc(C(Cl)c2ccc3c(c2)CCCC3)c1. The van der Waals surface area contributed by atoms with Crippen molar-refractivity contribution in [3.63, 3.8) is 0 Å². The van der Waals surface area contributed by atoms with Gasteiger partial charge in [-0.1, -0.05) is 34.1 Å². The van der Waals surface area contributed by atoms with Gasteiger partial charge in [0.25, 0.3) is 0 Å². The minimum atomic E-state index is -0.311. The number of alkyl halides is 1. The third kappa shape index (κ3) is 2.91. The topological polar surface area (TPSA) is 0 Å². The molecule has 3 rings (SSSR count). The van der Waals surface area contributed by atoms with Crippen molar-refractivity contribution in [1.82, 2.24) is 0 Å². The summed E-state index contributed by atoms with van der Waals surface area (Å²) >= 11 is 9.85. The molecular weight excluding hydrogens is 339 g/mol. The van der Waals surface area contributed by atoms with Gasteiger partial charge in [0.05, 0.1) is 5.38 Å². The van der Waals surface area contributed by atoms with Crippen LogP contribution in [0, 0.1) is 5.82 Å². The third-order valence-electron chi connectivity index (χ3n) is 3.84. The Kier molecular flexibility index (Phi) is 4.13. The Bertz CT molecular complexity index is 619. The van der Waals surface area contributed by atoms with Crippen LogP contribution in [0.25, 0.3) is 0 Å². The van der Waals surface area contributed by atoms with Crippen LogP contribution in [0.2, 0.25) is 0 Å². The zero-order valence-electron chi connectivity index (χ0n) is 11.0. The zero-order chi connectivity index (χ0) is 14.1. The van der Waals surface area contributed by atoms with Crippen LogP contribution < -0.4 is 0 Å². The molecule has 0 bridgehead atoms. The molecule has 0 fully saturated rings. The van der Waals surface area contributed by atoms with Crippen molar-refractivity contribution < 1.29 is 4.39 Å². The van der Waals surface area contributed by atoms with E-state index in [4.69, 9.17) is 11.6 Å². The molecule has 2 aromatic rings. The quantitative estimate of drug-likeness (QED) is 0.599. The fourth-order valence-electron chi connectivity index (χ4n) is 2.82. The van der Waals surface area contributed by atoms with Crippen LogP contribution in [-0.4, -0.2) is 0 Å². The van der Waals surface area contributed by atoms with E-state index < -0.39 is 0 Å². The standard InChI is InChI=1S/C17H15BrClF/c18-15-8-14(9-16(20)10-15)17(19)13-6-5-11-3-1-2-4-12(11)7-13/h5-10,17H,1-4H2. The number of halogens is 3. The maximum atomic E-state index is 13.5. The molecule has 0 aliphatic heterocycles. The molecule has 0 spiro atoms. The molecule has 0 heterocycles. The smallest absolute Gasteiger partial charge is 0.124 e. The van der Waals surface area contributed by atoms with Crippen LogP contribution >= 0.6 is 27.5 Å². The van der Waals surface area contributed by atoms with Crippen LogP contribution in [0.1, 0.15) is 40.5 Å². The predicted molar refractivity (Wildman–Crippen MR) is 84.9 cm³/mol. The van der Waals surface area contributed by atoms with E-state index in [1.165, 1.54) is 36.1 Å². The molecule has 0 saturated heterocycles. The van der Waals surface area contributed by atoms with Gasteiger partial charge in [0.1, 0.15) is 5.82 Å². The lowest BCUT2D eigenvalue weighted by molar-refractivity contribution is 0.625. The molecule has 20 heavy (non-hydrogen) atoms. The lowest BCUT2D eigenvalue weighted by Crippen LogP contribution is -2.04. The summed E-state index contributed by atoms with van der Waals surface area (Å²) in [6, 6.07) is 11.3. The van der Waals surface area contributed by atoms with Gasteiger partial charge in [0.2, 0.25) is 0 Å². The van der Waals surface area contributed by atoms with Crippen molar-refractivity contribution >= 4 is 27.5 Å². The maximum Gasteiger partial charge on any atom is 0.124 e. The normalized spacial score (nSPS) is 15.8. The molecule has 0 N–H and O–H groups in total. The van der Waals surface area contributed by atoms with Gasteiger partial charge in [-0.2, -0.15) is 0 Å². The fraction of sp³-hybridized carbons (Fsp3) is 0.294. The summed E-state index contributed by atoms with van der Waals surface area (Å²) in [7, 11) is 0. The van der Waals surface area contributed by atoms with E-state index >= 15 is 0 Å². The average Bonchev–Trinajstić information content (AvgIpc) is 2.45. The Morgan fingerprint density at radius 3 is 2.45 bits per heavy atom. The van der Waals surface area contributed by atoms with Crippen LogP contribution in [0.15, 0.2) is 40.9 Å². The van der Waals surface area contributed by atoms with Crippen molar-refractivity contribution in [3.05, 3.63) is 68.9 Å². The van der Waals surface area contributed by atoms with E-state index in [9.17, 15) is 4.39 Å². The highest BCUT2D eigenvalue weighted by Gasteiger charge is 2.16.